The summed E-state index contributed by atoms with van der Waals surface area (Å²) in [7, 11) is 0. The van der Waals surface area contributed by atoms with Gasteiger partial charge in [0.2, 0.25) is 0 Å². The van der Waals surface area contributed by atoms with Crippen molar-refractivity contribution in [2.75, 3.05) is 6.61 Å². The van der Waals surface area contributed by atoms with Crippen LogP contribution in [0.15, 0.2) is 18.3 Å². The molecule has 1 unspecified atom stereocenters. The Morgan fingerprint density at radius 2 is 2.33 bits per heavy atom. The van der Waals surface area contributed by atoms with Gasteiger partial charge in [-0.3, -0.25) is 0 Å². The van der Waals surface area contributed by atoms with Crippen LogP contribution in [0.4, 0.5) is 0 Å². The molecule has 0 fully saturated rings. The van der Waals surface area contributed by atoms with E-state index in [1.807, 2.05) is 29.7 Å². The maximum absolute atomic E-state index is 8.96. The monoisotopic (exact) mass is 225 g/mol. The van der Waals surface area contributed by atoms with Crippen molar-refractivity contribution in [1.29, 1.82) is 0 Å². The molecule has 0 radical (unpaired) electrons. The van der Waals surface area contributed by atoms with Crippen LogP contribution in [-0.2, 0) is 0 Å². The first-order chi connectivity index (χ1) is 7.13. The number of aliphatic hydroxyl groups is 1. The first-order valence-electron chi connectivity index (χ1n) is 4.64. The molecular weight excluding hydrogens is 214 g/mol. The predicted octanol–water partition coefficient (Wildman–Crippen LogP) is 1.29. The zero-order valence-corrected chi connectivity index (χ0v) is 9.07. The molecular formula is C10H12ClN3O. The van der Waals surface area contributed by atoms with E-state index in [1.54, 1.807) is 0 Å². The SMILES string of the molecule is Cc1nc(Cl)c2ccc(C(N)CO)cn12. The summed E-state index contributed by atoms with van der Waals surface area (Å²) in [5.74, 6) is 0.807. The Hall–Kier alpha value is -1.10. The van der Waals surface area contributed by atoms with Gasteiger partial charge in [0.05, 0.1) is 18.2 Å². The fraction of sp³-hybridized carbons (Fsp3) is 0.300. The molecule has 4 nitrogen and oxygen atoms in total. The second-order valence-electron chi connectivity index (χ2n) is 3.46. The molecule has 2 rings (SSSR count). The number of pyridine rings is 1. The van der Waals surface area contributed by atoms with Crippen molar-refractivity contribution in [1.82, 2.24) is 9.38 Å². The van der Waals surface area contributed by atoms with E-state index < -0.39 is 0 Å². The highest BCUT2D eigenvalue weighted by molar-refractivity contribution is 6.32. The summed E-state index contributed by atoms with van der Waals surface area (Å²) in [4.78, 5) is 4.14. The number of nitrogens with two attached hydrogens (primary N) is 1. The molecule has 0 spiro atoms. The fourth-order valence-electron chi connectivity index (χ4n) is 1.53. The van der Waals surface area contributed by atoms with Gasteiger partial charge in [-0.25, -0.2) is 4.98 Å². The molecule has 2 aromatic rings. The van der Waals surface area contributed by atoms with Gasteiger partial charge in [0.25, 0.3) is 0 Å². The number of aryl methyl sites for hydroxylation is 1. The molecule has 0 amide bonds. The number of hydrogen-bond acceptors (Lipinski definition) is 3. The molecule has 1 atom stereocenters. The van der Waals surface area contributed by atoms with Crippen molar-refractivity contribution >= 4 is 17.1 Å². The molecule has 0 aliphatic rings. The highest BCUT2D eigenvalue weighted by Crippen LogP contribution is 2.20. The fourth-order valence-corrected chi connectivity index (χ4v) is 1.81. The third-order valence-corrected chi connectivity index (χ3v) is 2.69. The van der Waals surface area contributed by atoms with E-state index in [4.69, 9.17) is 22.4 Å². The standard InChI is InChI=1S/C10H12ClN3O/c1-6-13-10(11)9-3-2-7(4-14(6)9)8(12)5-15/h2-4,8,15H,5,12H2,1H3. The van der Waals surface area contributed by atoms with Gasteiger partial charge in [0.1, 0.15) is 5.82 Å². The van der Waals surface area contributed by atoms with Crippen LogP contribution in [0.3, 0.4) is 0 Å². The van der Waals surface area contributed by atoms with Crippen molar-refractivity contribution in [3.8, 4) is 0 Å². The first-order valence-corrected chi connectivity index (χ1v) is 5.02. The number of fused-ring (bicyclic) bond motifs is 1. The number of halogens is 1. The van der Waals surface area contributed by atoms with E-state index in [0.29, 0.717) is 5.15 Å². The van der Waals surface area contributed by atoms with E-state index in [-0.39, 0.29) is 12.6 Å². The van der Waals surface area contributed by atoms with Crippen LogP contribution < -0.4 is 5.73 Å². The summed E-state index contributed by atoms with van der Waals surface area (Å²) in [6.45, 7) is 1.79. The Bertz CT molecular complexity index is 495. The van der Waals surface area contributed by atoms with Gasteiger partial charge in [-0.1, -0.05) is 17.7 Å². The molecule has 80 valence electrons. The number of rotatable bonds is 2. The summed E-state index contributed by atoms with van der Waals surface area (Å²) in [5, 5.41) is 9.44. The maximum atomic E-state index is 8.96. The van der Waals surface area contributed by atoms with Crippen LogP contribution in [-0.4, -0.2) is 21.1 Å². The Labute approximate surface area is 92.3 Å². The number of hydrogen-bond donors (Lipinski definition) is 2. The summed E-state index contributed by atoms with van der Waals surface area (Å²) in [6, 6.07) is 3.34. The van der Waals surface area contributed by atoms with E-state index in [2.05, 4.69) is 4.98 Å². The number of imidazole rings is 1. The van der Waals surface area contributed by atoms with Crippen LogP contribution >= 0.6 is 11.6 Å². The van der Waals surface area contributed by atoms with Crippen LogP contribution in [0.1, 0.15) is 17.4 Å². The molecule has 15 heavy (non-hydrogen) atoms. The van der Waals surface area contributed by atoms with Crippen molar-refractivity contribution in [3.05, 3.63) is 34.9 Å². The van der Waals surface area contributed by atoms with E-state index in [9.17, 15) is 0 Å². The Balaban J connectivity index is 2.60. The third-order valence-electron chi connectivity index (χ3n) is 2.42. The van der Waals surface area contributed by atoms with Crippen molar-refractivity contribution in [3.63, 3.8) is 0 Å². The number of aliphatic hydroxyl groups excluding tert-OH is 1. The summed E-state index contributed by atoms with van der Waals surface area (Å²) in [5.41, 5.74) is 7.44. The van der Waals surface area contributed by atoms with Gasteiger partial charge >= 0.3 is 0 Å². The van der Waals surface area contributed by atoms with E-state index >= 15 is 0 Å². The minimum absolute atomic E-state index is 0.0764. The van der Waals surface area contributed by atoms with Gasteiger partial charge in [0, 0.05) is 6.20 Å². The lowest BCUT2D eigenvalue weighted by molar-refractivity contribution is 0.267. The molecule has 3 N–H and O–H groups in total. The van der Waals surface area contributed by atoms with Gasteiger partial charge < -0.3 is 15.2 Å². The van der Waals surface area contributed by atoms with Crippen molar-refractivity contribution < 1.29 is 5.11 Å². The molecule has 0 aromatic carbocycles. The molecule has 0 bridgehead atoms. The highest BCUT2D eigenvalue weighted by Gasteiger charge is 2.09. The minimum Gasteiger partial charge on any atom is -0.394 e. The molecule has 5 heteroatoms. The lowest BCUT2D eigenvalue weighted by Gasteiger charge is -2.09. The van der Waals surface area contributed by atoms with Crippen LogP contribution in [0.25, 0.3) is 5.52 Å². The lowest BCUT2D eigenvalue weighted by atomic mass is 10.1. The molecule has 0 saturated heterocycles. The molecule has 0 aliphatic heterocycles. The minimum atomic E-state index is -0.366. The molecule has 2 aromatic heterocycles. The summed E-state index contributed by atoms with van der Waals surface area (Å²) in [6.07, 6.45) is 1.85. The normalized spacial score (nSPS) is 13.3. The van der Waals surface area contributed by atoms with Gasteiger partial charge in [-0.2, -0.15) is 0 Å². The van der Waals surface area contributed by atoms with E-state index in [1.165, 1.54) is 0 Å². The Morgan fingerprint density at radius 1 is 1.60 bits per heavy atom. The highest BCUT2D eigenvalue weighted by atomic mass is 35.5. The van der Waals surface area contributed by atoms with Crippen molar-refractivity contribution in [2.45, 2.75) is 13.0 Å². The summed E-state index contributed by atoms with van der Waals surface area (Å²) >= 11 is 5.93. The van der Waals surface area contributed by atoms with Gasteiger partial charge in [-0.15, -0.1) is 0 Å². The maximum Gasteiger partial charge on any atom is 0.155 e. The van der Waals surface area contributed by atoms with Gasteiger partial charge in [-0.05, 0) is 18.6 Å². The Kier molecular flexibility index (Phi) is 2.65. The Morgan fingerprint density at radius 3 is 3.00 bits per heavy atom. The molecule has 0 saturated carbocycles. The average Bonchev–Trinajstić information content (AvgIpc) is 2.53. The number of aromatic nitrogens is 2. The topological polar surface area (TPSA) is 63.5 Å². The lowest BCUT2D eigenvalue weighted by Crippen LogP contribution is -2.15. The molecule has 0 aliphatic carbocycles. The second kappa shape index (κ2) is 3.81. The quantitative estimate of drug-likeness (QED) is 0.810. The van der Waals surface area contributed by atoms with Crippen LogP contribution in [0.2, 0.25) is 5.15 Å². The smallest absolute Gasteiger partial charge is 0.155 e. The van der Waals surface area contributed by atoms with E-state index in [0.717, 1.165) is 16.9 Å². The van der Waals surface area contributed by atoms with Crippen molar-refractivity contribution in [2.24, 2.45) is 5.73 Å². The third kappa shape index (κ3) is 1.71. The largest absolute Gasteiger partial charge is 0.394 e. The molecule has 2 heterocycles. The van der Waals surface area contributed by atoms with Crippen LogP contribution in [0, 0.1) is 6.92 Å². The zero-order valence-electron chi connectivity index (χ0n) is 8.31. The average molecular weight is 226 g/mol. The zero-order chi connectivity index (χ0) is 11.0. The van der Waals surface area contributed by atoms with Crippen LogP contribution in [0.5, 0.6) is 0 Å². The second-order valence-corrected chi connectivity index (χ2v) is 3.81. The first kappa shape index (κ1) is 10.4. The number of nitrogens with zero attached hydrogens (tertiary/aromatic N) is 2. The summed E-state index contributed by atoms with van der Waals surface area (Å²) < 4.78 is 1.87. The van der Waals surface area contributed by atoms with Gasteiger partial charge in [0.15, 0.2) is 5.15 Å². The predicted molar refractivity (Wildman–Crippen MR) is 59.0 cm³/mol.